The van der Waals surface area contributed by atoms with Gasteiger partial charge in [0.2, 0.25) is 6.54 Å². The second-order valence-electron chi connectivity index (χ2n) is 7.37. The Morgan fingerprint density at radius 3 is 2.69 bits per heavy atom. The molecule has 0 spiro atoms. The van der Waals surface area contributed by atoms with Crippen molar-refractivity contribution in [3.63, 3.8) is 0 Å². The molecule has 0 heterocycles. The molecule has 0 bridgehead atoms. The average Bonchev–Trinajstić information content (AvgIpc) is 2.93. The Kier molecular flexibility index (Phi) is 6.21. The van der Waals surface area contributed by atoms with Gasteiger partial charge in [-0.05, 0) is 17.4 Å². The van der Waals surface area contributed by atoms with Crippen LogP contribution in [0.5, 0.6) is 0 Å². The zero-order valence-electron chi connectivity index (χ0n) is 16.0. The van der Waals surface area contributed by atoms with E-state index in [2.05, 4.69) is 5.32 Å². The van der Waals surface area contributed by atoms with Crippen molar-refractivity contribution in [3.8, 4) is 0 Å². The van der Waals surface area contributed by atoms with Gasteiger partial charge in [0.05, 0.1) is 6.42 Å². The van der Waals surface area contributed by atoms with Crippen LogP contribution < -0.4 is 5.32 Å². The van der Waals surface area contributed by atoms with Crippen molar-refractivity contribution >= 4 is 34.1 Å². The van der Waals surface area contributed by atoms with Crippen LogP contribution in [0.15, 0.2) is 42.5 Å². The minimum Gasteiger partial charge on any atom is -0.456 e. The monoisotopic (exact) mass is 398 g/mol. The fraction of sp³-hybridized carbons (Fsp3) is 0.381. The van der Waals surface area contributed by atoms with Gasteiger partial charge >= 0.3 is 5.97 Å². The van der Waals surface area contributed by atoms with E-state index in [9.17, 15) is 24.5 Å². The topological polar surface area (TPSA) is 116 Å². The molecule has 0 aromatic heterocycles. The van der Waals surface area contributed by atoms with E-state index in [0.717, 1.165) is 10.8 Å². The molecule has 1 N–H and O–H groups in total. The van der Waals surface area contributed by atoms with Crippen molar-refractivity contribution in [2.75, 3.05) is 18.5 Å². The molecule has 1 aliphatic carbocycles. The molecule has 8 nitrogen and oxygen atoms in total. The fourth-order valence-electron chi connectivity index (χ4n) is 3.91. The summed E-state index contributed by atoms with van der Waals surface area (Å²) in [6.45, 7) is 0.930. The molecule has 1 fully saturated rings. The maximum Gasteiger partial charge on any atom is 0.307 e. The van der Waals surface area contributed by atoms with Gasteiger partial charge in [-0.1, -0.05) is 43.3 Å². The van der Waals surface area contributed by atoms with Crippen LogP contribution in [0.2, 0.25) is 0 Å². The van der Waals surface area contributed by atoms with Gasteiger partial charge in [-0.2, -0.15) is 0 Å². The second kappa shape index (κ2) is 8.81. The van der Waals surface area contributed by atoms with Crippen molar-refractivity contribution in [2.45, 2.75) is 19.8 Å². The lowest BCUT2D eigenvalue weighted by molar-refractivity contribution is -0.490. The predicted octanol–water partition coefficient (Wildman–Crippen LogP) is 2.83. The van der Waals surface area contributed by atoms with Crippen molar-refractivity contribution in [2.24, 2.45) is 17.8 Å². The van der Waals surface area contributed by atoms with Crippen LogP contribution in [-0.2, 0) is 19.1 Å². The first-order valence-electron chi connectivity index (χ1n) is 9.43. The summed E-state index contributed by atoms with van der Waals surface area (Å²) in [6, 6.07) is 13.0. The van der Waals surface area contributed by atoms with Crippen LogP contribution >= 0.6 is 0 Å². The van der Waals surface area contributed by atoms with Gasteiger partial charge < -0.3 is 10.1 Å². The van der Waals surface area contributed by atoms with Crippen LogP contribution in [-0.4, -0.2) is 35.7 Å². The minimum atomic E-state index is -0.732. The summed E-state index contributed by atoms with van der Waals surface area (Å²) in [5.74, 6) is -2.75. The van der Waals surface area contributed by atoms with Crippen molar-refractivity contribution in [3.05, 3.63) is 52.6 Å². The van der Waals surface area contributed by atoms with E-state index in [-0.39, 0.29) is 31.1 Å². The molecule has 0 aliphatic heterocycles. The number of nitrogens with one attached hydrogen (secondary N) is 1. The SMILES string of the molecule is C[C@@H]1CC(=O)[C@@H](CC(=O)OCC(=O)Nc2cccc3ccccc23)[C@@H]1C[N+](=O)[O-]. The number of esters is 1. The molecule has 1 amide bonds. The molecule has 2 aromatic rings. The predicted molar refractivity (Wildman–Crippen MR) is 106 cm³/mol. The van der Waals surface area contributed by atoms with E-state index < -0.39 is 35.2 Å². The van der Waals surface area contributed by atoms with E-state index in [0.29, 0.717) is 5.69 Å². The van der Waals surface area contributed by atoms with Crippen LogP contribution in [0.3, 0.4) is 0 Å². The van der Waals surface area contributed by atoms with Gasteiger partial charge in [0, 0.05) is 34.3 Å². The van der Waals surface area contributed by atoms with Gasteiger partial charge in [-0.15, -0.1) is 0 Å². The smallest absolute Gasteiger partial charge is 0.307 e. The number of carbonyl (C=O) groups is 3. The molecule has 1 aliphatic rings. The van der Waals surface area contributed by atoms with E-state index in [1.807, 2.05) is 36.4 Å². The molecule has 0 saturated heterocycles. The number of ether oxygens (including phenoxy) is 1. The van der Waals surface area contributed by atoms with Crippen molar-refractivity contribution < 1.29 is 24.0 Å². The first-order chi connectivity index (χ1) is 13.8. The average molecular weight is 398 g/mol. The molecular weight excluding hydrogens is 376 g/mol. The van der Waals surface area contributed by atoms with Gasteiger partial charge in [0.15, 0.2) is 6.61 Å². The fourth-order valence-corrected chi connectivity index (χ4v) is 3.91. The summed E-state index contributed by atoms with van der Waals surface area (Å²) in [6.07, 6.45) is -0.0265. The number of benzene rings is 2. The number of anilines is 1. The molecule has 2 aromatic carbocycles. The van der Waals surface area contributed by atoms with Gasteiger partial charge in [-0.3, -0.25) is 24.5 Å². The van der Waals surface area contributed by atoms with Crippen LogP contribution in [0.25, 0.3) is 10.8 Å². The Balaban J connectivity index is 1.55. The van der Waals surface area contributed by atoms with E-state index in [4.69, 9.17) is 4.74 Å². The number of carbonyl (C=O) groups excluding carboxylic acids is 3. The number of nitrogens with zero attached hydrogens (tertiary/aromatic N) is 1. The molecule has 8 heteroatoms. The summed E-state index contributed by atoms with van der Waals surface area (Å²) < 4.78 is 5.01. The lowest BCUT2D eigenvalue weighted by Gasteiger charge is -2.17. The highest BCUT2D eigenvalue weighted by Gasteiger charge is 2.44. The van der Waals surface area contributed by atoms with Crippen LogP contribution in [0.1, 0.15) is 19.8 Å². The first-order valence-corrected chi connectivity index (χ1v) is 9.43. The Labute approximate surface area is 167 Å². The lowest BCUT2D eigenvalue weighted by Crippen LogP contribution is -2.28. The van der Waals surface area contributed by atoms with Crippen molar-refractivity contribution in [1.29, 1.82) is 0 Å². The number of Topliss-reactive ketones (excluding diaryl/α,β-unsaturated/α-hetero) is 1. The highest BCUT2D eigenvalue weighted by Crippen LogP contribution is 2.36. The summed E-state index contributed by atoms with van der Waals surface area (Å²) in [4.78, 5) is 46.8. The largest absolute Gasteiger partial charge is 0.456 e. The van der Waals surface area contributed by atoms with Crippen molar-refractivity contribution in [1.82, 2.24) is 0 Å². The number of hydrogen-bond donors (Lipinski definition) is 1. The molecule has 29 heavy (non-hydrogen) atoms. The standard InChI is InChI=1S/C21H22N2O6/c1-13-9-19(24)16(17(13)11-23(27)28)10-21(26)29-12-20(25)22-18-8-4-6-14-5-2-3-7-15(14)18/h2-8,13,16-17H,9-12H2,1H3,(H,22,25)/t13-,16+,17-/m1/s1. The van der Waals surface area contributed by atoms with Gasteiger partial charge in [-0.25, -0.2) is 0 Å². The normalized spacial score (nSPS) is 21.1. The minimum absolute atomic E-state index is 0.152. The highest BCUT2D eigenvalue weighted by atomic mass is 16.6. The maximum absolute atomic E-state index is 12.2. The highest BCUT2D eigenvalue weighted by molar-refractivity contribution is 6.02. The quantitative estimate of drug-likeness (QED) is 0.436. The Morgan fingerprint density at radius 1 is 1.21 bits per heavy atom. The second-order valence-corrected chi connectivity index (χ2v) is 7.37. The van der Waals surface area contributed by atoms with Crippen LogP contribution in [0.4, 0.5) is 5.69 Å². The summed E-state index contributed by atoms with van der Waals surface area (Å²) in [5.41, 5.74) is 0.606. The Hall–Kier alpha value is -3.29. The zero-order valence-corrected chi connectivity index (χ0v) is 16.0. The Morgan fingerprint density at radius 2 is 1.93 bits per heavy atom. The number of nitro groups is 1. The third-order valence-corrected chi connectivity index (χ3v) is 5.36. The Bertz CT molecular complexity index is 952. The number of fused-ring (bicyclic) bond motifs is 1. The number of rotatable bonds is 7. The molecule has 1 saturated carbocycles. The van der Waals surface area contributed by atoms with Crippen LogP contribution in [0, 0.1) is 27.9 Å². The molecule has 0 unspecified atom stereocenters. The lowest BCUT2D eigenvalue weighted by atomic mass is 9.88. The van der Waals surface area contributed by atoms with Gasteiger partial charge in [0.25, 0.3) is 5.91 Å². The molecule has 152 valence electrons. The zero-order chi connectivity index (χ0) is 21.0. The van der Waals surface area contributed by atoms with E-state index >= 15 is 0 Å². The van der Waals surface area contributed by atoms with E-state index in [1.54, 1.807) is 13.0 Å². The third-order valence-electron chi connectivity index (χ3n) is 5.36. The number of amides is 1. The molecular formula is C21H22N2O6. The molecule has 3 atom stereocenters. The molecule has 3 rings (SSSR count). The maximum atomic E-state index is 12.2. The first kappa shape index (κ1) is 20.4. The summed E-state index contributed by atoms with van der Waals surface area (Å²) in [5, 5.41) is 15.4. The molecule has 0 radical (unpaired) electrons. The summed E-state index contributed by atoms with van der Waals surface area (Å²) >= 11 is 0. The third kappa shape index (κ3) is 4.96. The summed E-state index contributed by atoms with van der Waals surface area (Å²) in [7, 11) is 0. The number of hydrogen-bond acceptors (Lipinski definition) is 6. The van der Waals surface area contributed by atoms with Gasteiger partial charge in [0.1, 0.15) is 5.78 Å². The van der Waals surface area contributed by atoms with E-state index in [1.165, 1.54) is 0 Å². The number of ketones is 1.